The predicted octanol–water partition coefficient (Wildman–Crippen LogP) is 2.49. The Labute approximate surface area is 185 Å². The molecule has 1 aromatic carbocycles. The fourth-order valence-electron chi connectivity index (χ4n) is 2.43. The van der Waals surface area contributed by atoms with Gasteiger partial charge in [0.15, 0.2) is 12.4 Å². The van der Waals surface area contributed by atoms with Gasteiger partial charge in [0.2, 0.25) is 10.8 Å². The maximum atomic E-state index is 12.6. The molecule has 0 unspecified atom stereocenters. The summed E-state index contributed by atoms with van der Waals surface area (Å²) in [6, 6.07) is 7.58. The van der Waals surface area contributed by atoms with Gasteiger partial charge in [0, 0.05) is 0 Å². The molecule has 0 saturated heterocycles. The normalized spacial score (nSPS) is 10.5. The lowest BCUT2D eigenvalue weighted by atomic mass is 10.3. The Morgan fingerprint density at radius 3 is 2.68 bits per heavy atom. The van der Waals surface area contributed by atoms with Crippen LogP contribution >= 0.6 is 22.9 Å². The van der Waals surface area contributed by atoms with Gasteiger partial charge in [-0.1, -0.05) is 42.0 Å². The molecule has 3 rings (SSSR count). The van der Waals surface area contributed by atoms with Crippen LogP contribution in [0.5, 0.6) is 5.75 Å². The third-order valence-corrected chi connectivity index (χ3v) is 5.12. The molecule has 0 radical (unpaired) electrons. The summed E-state index contributed by atoms with van der Waals surface area (Å²) >= 11 is 7.38. The molecule has 0 aliphatic carbocycles. The molecule has 162 valence electrons. The first-order valence-corrected chi connectivity index (χ1v) is 10.4. The van der Waals surface area contributed by atoms with E-state index in [9.17, 15) is 14.4 Å². The predicted molar refractivity (Wildman–Crippen MR) is 114 cm³/mol. The summed E-state index contributed by atoms with van der Waals surface area (Å²) in [5.74, 6) is -1.53. The molecule has 10 nitrogen and oxygen atoms in total. The second-order valence-electron chi connectivity index (χ2n) is 5.97. The third kappa shape index (κ3) is 5.44. The van der Waals surface area contributed by atoms with E-state index in [1.165, 1.54) is 11.3 Å². The number of aryl methyl sites for hydroxylation is 1. The fourth-order valence-corrected chi connectivity index (χ4v) is 3.34. The second kappa shape index (κ2) is 10.1. The average molecular weight is 464 g/mol. The molecule has 0 spiro atoms. The largest absolute Gasteiger partial charge is 0.481 e. The van der Waals surface area contributed by atoms with Gasteiger partial charge < -0.3 is 9.47 Å². The number of benzene rings is 1. The quantitative estimate of drug-likeness (QED) is 0.505. The van der Waals surface area contributed by atoms with Crippen LogP contribution in [0.4, 0.5) is 5.13 Å². The van der Waals surface area contributed by atoms with E-state index in [1.54, 1.807) is 31.2 Å². The van der Waals surface area contributed by atoms with Gasteiger partial charge in [0.25, 0.3) is 11.5 Å². The fraction of sp³-hybridized carbons (Fsp3) is 0.263. The zero-order chi connectivity index (χ0) is 22.4. The summed E-state index contributed by atoms with van der Waals surface area (Å²) in [7, 11) is 0. The summed E-state index contributed by atoms with van der Waals surface area (Å²) < 4.78 is 11.4. The molecule has 1 N–H and O–H groups in total. The van der Waals surface area contributed by atoms with Gasteiger partial charge in [0.05, 0.1) is 23.4 Å². The van der Waals surface area contributed by atoms with Gasteiger partial charge in [-0.05, 0) is 25.5 Å². The van der Waals surface area contributed by atoms with Crippen molar-refractivity contribution >= 4 is 39.9 Å². The van der Waals surface area contributed by atoms with Gasteiger partial charge in [-0.2, -0.15) is 9.78 Å². The Balaban J connectivity index is 1.85. The van der Waals surface area contributed by atoms with E-state index < -0.39 is 24.0 Å². The van der Waals surface area contributed by atoms with Gasteiger partial charge >= 0.3 is 5.97 Å². The molecule has 2 heterocycles. The van der Waals surface area contributed by atoms with Crippen molar-refractivity contribution in [2.24, 2.45) is 0 Å². The van der Waals surface area contributed by atoms with Crippen molar-refractivity contribution in [3.63, 3.8) is 0 Å². The molecule has 2 aromatic heterocycles. The van der Waals surface area contributed by atoms with Gasteiger partial charge in [-0.3, -0.25) is 14.9 Å². The molecule has 12 heteroatoms. The van der Waals surface area contributed by atoms with Crippen LogP contribution in [0.2, 0.25) is 5.02 Å². The molecular formula is C19H18ClN5O5S. The minimum Gasteiger partial charge on any atom is -0.481 e. The first kappa shape index (κ1) is 22.4. The number of esters is 1. The van der Waals surface area contributed by atoms with Gasteiger partial charge in [-0.25, -0.2) is 4.79 Å². The topological polar surface area (TPSA) is 125 Å². The average Bonchev–Trinajstić information content (AvgIpc) is 3.20. The lowest BCUT2D eigenvalue weighted by molar-refractivity contribution is -0.118. The van der Waals surface area contributed by atoms with E-state index in [2.05, 4.69) is 20.6 Å². The first-order valence-electron chi connectivity index (χ1n) is 9.24. The summed E-state index contributed by atoms with van der Waals surface area (Å²) in [6.45, 7) is 3.15. The molecule has 0 bridgehead atoms. The molecule has 0 saturated carbocycles. The molecular weight excluding hydrogens is 446 g/mol. The zero-order valence-corrected chi connectivity index (χ0v) is 18.2. The van der Waals surface area contributed by atoms with Crippen molar-refractivity contribution in [1.29, 1.82) is 0 Å². The van der Waals surface area contributed by atoms with E-state index in [4.69, 9.17) is 21.1 Å². The summed E-state index contributed by atoms with van der Waals surface area (Å²) in [6.07, 6.45) is 0.695. The highest BCUT2D eigenvalue weighted by atomic mass is 35.5. The highest BCUT2D eigenvalue weighted by Crippen LogP contribution is 2.21. The smallest absolute Gasteiger partial charge is 0.362 e. The number of nitrogens with zero attached hydrogens (tertiary/aromatic N) is 4. The molecule has 0 aliphatic rings. The SMILES string of the molecule is CCOC(=O)c1nn(-c2ccccc2Cl)c(=O)cc1OCC(=O)Nc1nnc(CC)s1. The lowest BCUT2D eigenvalue weighted by Crippen LogP contribution is -2.27. The molecule has 0 fully saturated rings. The van der Waals surface area contributed by atoms with Crippen LogP contribution in [0.15, 0.2) is 35.1 Å². The van der Waals surface area contributed by atoms with Crippen LogP contribution in [-0.2, 0) is 16.0 Å². The lowest BCUT2D eigenvalue weighted by Gasteiger charge is -2.13. The standard InChI is InChI=1S/C19H18ClN5O5S/c1-3-15-22-23-19(31-15)21-14(26)10-30-13-9-16(27)25(12-8-6-5-7-11(12)20)24-17(13)18(28)29-4-2/h5-9H,3-4,10H2,1-2H3,(H,21,23,26). The number of carbonyl (C=O) groups is 2. The highest BCUT2D eigenvalue weighted by molar-refractivity contribution is 7.15. The van der Waals surface area contributed by atoms with Crippen molar-refractivity contribution < 1.29 is 19.1 Å². The minimum absolute atomic E-state index is 0.0858. The van der Waals surface area contributed by atoms with Crippen molar-refractivity contribution in [3.8, 4) is 11.4 Å². The van der Waals surface area contributed by atoms with Gasteiger partial charge in [0.1, 0.15) is 5.01 Å². The summed E-state index contributed by atoms with van der Waals surface area (Å²) in [4.78, 5) is 37.1. The maximum absolute atomic E-state index is 12.6. The Kier molecular flexibility index (Phi) is 7.32. The molecule has 31 heavy (non-hydrogen) atoms. The first-order chi connectivity index (χ1) is 14.9. The summed E-state index contributed by atoms with van der Waals surface area (Å²) in [5, 5.41) is 15.7. The summed E-state index contributed by atoms with van der Waals surface area (Å²) in [5.41, 5.74) is -0.585. The number of ether oxygens (including phenoxy) is 2. The van der Waals surface area contributed by atoms with Crippen LogP contribution in [0.25, 0.3) is 5.69 Å². The van der Waals surface area contributed by atoms with Gasteiger partial charge in [-0.15, -0.1) is 10.2 Å². The third-order valence-electron chi connectivity index (χ3n) is 3.82. The van der Waals surface area contributed by atoms with Crippen molar-refractivity contribution in [1.82, 2.24) is 20.0 Å². The van der Waals surface area contributed by atoms with E-state index in [1.807, 2.05) is 6.92 Å². The number of rotatable bonds is 8. The Morgan fingerprint density at radius 1 is 1.23 bits per heavy atom. The number of nitrogens with one attached hydrogen (secondary N) is 1. The number of para-hydroxylation sites is 1. The molecule has 1 amide bonds. The van der Waals surface area contributed by atoms with Crippen LogP contribution < -0.4 is 15.6 Å². The number of aromatic nitrogens is 4. The monoisotopic (exact) mass is 463 g/mol. The van der Waals surface area contributed by atoms with E-state index >= 15 is 0 Å². The van der Waals surface area contributed by atoms with Crippen LogP contribution in [0.1, 0.15) is 29.3 Å². The number of hydrogen-bond acceptors (Lipinski definition) is 9. The second-order valence-corrected chi connectivity index (χ2v) is 7.44. The Bertz CT molecular complexity index is 1160. The number of amides is 1. The molecule has 0 aliphatic heterocycles. The number of halogens is 1. The zero-order valence-electron chi connectivity index (χ0n) is 16.6. The van der Waals surface area contributed by atoms with E-state index in [0.717, 1.165) is 15.8 Å². The van der Waals surface area contributed by atoms with Crippen LogP contribution in [0.3, 0.4) is 0 Å². The van der Waals surface area contributed by atoms with Crippen molar-refractivity contribution in [2.45, 2.75) is 20.3 Å². The number of carbonyl (C=O) groups excluding carboxylic acids is 2. The Hall–Kier alpha value is -3.31. The number of hydrogen-bond donors (Lipinski definition) is 1. The highest BCUT2D eigenvalue weighted by Gasteiger charge is 2.21. The minimum atomic E-state index is -0.810. The Morgan fingerprint density at radius 2 is 2.00 bits per heavy atom. The van der Waals surface area contributed by atoms with Crippen LogP contribution in [0, 0.1) is 0 Å². The van der Waals surface area contributed by atoms with Crippen molar-refractivity contribution in [3.05, 3.63) is 56.4 Å². The number of anilines is 1. The van der Waals surface area contributed by atoms with Crippen molar-refractivity contribution in [2.75, 3.05) is 18.5 Å². The molecule has 3 aromatic rings. The van der Waals surface area contributed by atoms with Crippen LogP contribution in [-0.4, -0.2) is 45.1 Å². The van der Waals surface area contributed by atoms with E-state index in [0.29, 0.717) is 11.6 Å². The van der Waals surface area contributed by atoms with E-state index in [-0.39, 0.29) is 28.8 Å². The molecule has 0 atom stereocenters. The maximum Gasteiger partial charge on any atom is 0.362 e.